The third-order valence-electron chi connectivity index (χ3n) is 5.01. The van der Waals surface area contributed by atoms with E-state index in [2.05, 4.69) is 27.9 Å². The Kier molecular flexibility index (Phi) is 6.32. The lowest BCUT2D eigenvalue weighted by Gasteiger charge is -2.03. The highest BCUT2D eigenvalue weighted by molar-refractivity contribution is 5.84. The molecule has 0 aliphatic heterocycles. The van der Waals surface area contributed by atoms with E-state index in [-0.39, 0.29) is 10.8 Å². The first-order valence-corrected chi connectivity index (χ1v) is 10.2. The van der Waals surface area contributed by atoms with Crippen LogP contribution in [0.4, 0.5) is 13.2 Å². The molecule has 158 valence electrons. The average molecular weight is 428 g/mol. The number of benzene rings is 3. The van der Waals surface area contributed by atoms with Gasteiger partial charge < -0.3 is 0 Å². The predicted molar refractivity (Wildman–Crippen MR) is 120 cm³/mol. The molecule has 4 rings (SSSR count). The van der Waals surface area contributed by atoms with E-state index in [0.29, 0.717) is 11.4 Å². The molecular weight excluding hydrogens is 409 g/mol. The third-order valence-corrected chi connectivity index (χ3v) is 5.01. The maximum absolute atomic E-state index is 13.8. The first kappa shape index (κ1) is 21.3. The van der Waals surface area contributed by atoms with Crippen molar-refractivity contribution >= 4 is 10.8 Å². The molecule has 0 radical (unpaired) electrons. The molecule has 32 heavy (non-hydrogen) atoms. The Hall–Kier alpha value is -3.91. The summed E-state index contributed by atoms with van der Waals surface area (Å²) in [4.78, 5) is 8.88. The number of fused-ring (bicyclic) bond motifs is 1. The first-order valence-electron chi connectivity index (χ1n) is 10.2. The lowest BCUT2D eigenvalue weighted by molar-refractivity contribution is 0.453. The summed E-state index contributed by atoms with van der Waals surface area (Å²) in [6.45, 7) is 2.00. The molecule has 0 bridgehead atoms. The average Bonchev–Trinajstić information content (AvgIpc) is 2.82. The first-order chi connectivity index (χ1) is 15.5. The van der Waals surface area contributed by atoms with Crippen LogP contribution >= 0.6 is 0 Å². The van der Waals surface area contributed by atoms with Gasteiger partial charge in [0, 0.05) is 34.5 Å². The summed E-state index contributed by atoms with van der Waals surface area (Å²) in [5.74, 6) is 2.76. The summed E-state index contributed by atoms with van der Waals surface area (Å²) in [5, 5.41) is 0.279. The number of hydrogen-bond donors (Lipinski definition) is 0. The minimum Gasteiger partial charge on any atom is -0.236 e. The minimum atomic E-state index is -1.47. The molecule has 0 spiro atoms. The Balaban J connectivity index is 1.50. The van der Waals surface area contributed by atoms with E-state index >= 15 is 0 Å². The van der Waals surface area contributed by atoms with E-state index in [1.807, 2.05) is 49.7 Å². The van der Waals surface area contributed by atoms with Crippen molar-refractivity contribution < 1.29 is 13.2 Å². The molecule has 0 fully saturated rings. The van der Waals surface area contributed by atoms with Crippen LogP contribution in [0.25, 0.3) is 22.2 Å². The standard InChI is InChI=1S/C27H19F3N2/c1-2-3-4-5-20-16-31-27(32-17-20)21-11-8-18(9-12-21)6-7-19-10-13-23-22(14-19)15-24(28)26(30)25(23)29/h2-3,8-17H,4-5H2,1H3/b3-2+. The molecule has 5 heteroatoms. The fourth-order valence-corrected chi connectivity index (χ4v) is 3.28. The van der Waals surface area contributed by atoms with Crippen LogP contribution in [0.3, 0.4) is 0 Å². The molecule has 0 aliphatic carbocycles. The Morgan fingerprint density at radius 2 is 1.53 bits per heavy atom. The topological polar surface area (TPSA) is 25.8 Å². The number of hydrogen-bond acceptors (Lipinski definition) is 2. The van der Waals surface area contributed by atoms with Crippen molar-refractivity contribution in [2.45, 2.75) is 19.8 Å². The molecule has 1 aromatic heterocycles. The molecule has 0 aliphatic rings. The van der Waals surface area contributed by atoms with Crippen molar-refractivity contribution in [3.05, 3.63) is 107 Å². The van der Waals surface area contributed by atoms with Gasteiger partial charge in [-0.05, 0) is 73.2 Å². The van der Waals surface area contributed by atoms with Crippen LogP contribution < -0.4 is 0 Å². The maximum Gasteiger partial charge on any atom is 0.195 e. The summed E-state index contributed by atoms with van der Waals surface area (Å²) in [6, 6.07) is 13.0. The number of aromatic nitrogens is 2. The van der Waals surface area contributed by atoms with Gasteiger partial charge in [-0.2, -0.15) is 0 Å². The summed E-state index contributed by atoms with van der Waals surface area (Å²) in [7, 11) is 0. The van der Waals surface area contributed by atoms with E-state index in [1.165, 1.54) is 12.1 Å². The zero-order valence-corrected chi connectivity index (χ0v) is 17.4. The van der Waals surface area contributed by atoms with Crippen molar-refractivity contribution in [1.29, 1.82) is 0 Å². The zero-order chi connectivity index (χ0) is 22.5. The van der Waals surface area contributed by atoms with Crippen LogP contribution in [0.1, 0.15) is 30.0 Å². The van der Waals surface area contributed by atoms with Gasteiger partial charge in [0.25, 0.3) is 0 Å². The molecule has 2 nitrogen and oxygen atoms in total. The largest absolute Gasteiger partial charge is 0.236 e. The van der Waals surface area contributed by atoms with Crippen molar-refractivity contribution in [3.8, 4) is 23.2 Å². The van der Waals surface area contributed by atoms with Gasteiger partial charge in [0.05, 0.1) is 0 Å². The molecule has 0 amide bonds. The second-order valence-corrected chi connectivity index (χ2v) is 7.27. The number of rotatable bonds is 4. The molecule has 0 atom stereocenters. The smallest absolute Gasteiger partial charge is 0.195 e. The Bertz CT molecular complexity index is 1350. The van der Waals surface area contributed by atoms with Crippen LogP contribution in [0, 0.1) is 29.3 Å². The second kappa shape index (κ2) is 9.49. The molecule has 0 unspecified atom stereocenters. The highest BCUT2D eigenvalue weighted by Crippen LogP contribution is 2.24. The van der Waals surface area contributed by atoms with Crippen molar-refractivity contribution in [3.63, 3.8) is 0 Å². The van der Waals surface area contributed by atoms with Gasteiger partial charge in [-0.3, -0.25) is 0 Å². The van der Waals surface area contributed by atoms with Gasteiger partial charge in [0.15, 0.2) is 23.3 Å². The monoisotopic (exact) mass is 428 g/mol. The Labute approximate surface area is 184 Å². The summed E-state index contributed by atoms with van der Waals surface area (Å²) < 4.78 is 40.7. The Morgan fingerprint density at radius 3 is 2.25 bits per heavy atom. The van der Waals surface area contributed by atoms with Crippen LogP contribution in [0.15, 0.2) is 73.1 Å². The van der Waals surface area contributed by atoms with Gasteiger partial charge in [0.1, 0.15) is 0 Å². The summed E-state index contributed by atoms with van der Waals surface area (Å²) in [5.41, 5.74) is 3.32. The van der Waals surface area contributed by atoms with E-state index in [9.17, 15) is 13.2 Å². The van der Waals surface area contributed by atoms with E-state index in [4.69, 9.17) is 0 Å². The number of halogens is 3. The van der Waals surface area contributed by atoms with Gasteiger partial charge in [-0.25, -0.2) is 23.1 Å². The van der Waals surface area contributed by atoms with Crippen molar-refractivity contribution in [1.82, 2.24) is 9.97 Å². The minimum absolute atomic E-state index is 0.0200. The SMILES string of the molecule is C/C=C/CCc1cnc(-c2ccc(C#Cc3ccc4c(F)c(F)c(F)cc4c3)cc2)nc1. The van der Waals surface area contributed by atoms with Crippen LogP contribution in [0.2, 0.25) is 0 Å². The van der Waals surface area contributed by atoms with Gasteiger partial charge in [-0.1, -0.05) is 30.1 Å². The fourth-order valence-electron chi connectivity index (χ4n) is 3.28. The van der Waals surface area contributed by atoms with E-state index < -0.39 is 17.5 Å². The molecule has 3 aromatic carbocycles. The quantitative estimate of drug-likeness (QED) is 0.207. The summed E-state index contributed by atoms with van der Waals surface area (Å²) >= 11 is 0. The molecule has 0 N–H and O–H groups in total. The predicted octanol–water partition coefficient (Wildman–Crippen LogP) is 6.62. The number of aryl methyl sites for hydroxylation is 1. The molecule has 0 saturated heterocycles. The zero-order valence-electron chi connectivity index (χ0n) is 17.4. The van der Waals surface area contributed by atoms with Gasteiger partial charge in [-0.15, -0.1) is 0 Å². The third kappa shape index (κ3) is 4.70. The normalized spacial score (nSPS) is 11.0. The lowest BCUT2D eigenvalue weighted by atomic mass is 10.1. The molecule has 1 heterocycles. The number of nitrogens with zero attached hydrogens (tertiary/aromatic N) is 2. The summed E-state index contributed by atoms with van der Waals surface area (Å²) in [6.07, 6.45) is 9.70. The van der Waals surface area contributed by atoms with Crippen LogP contribution in [-0.2, 0) is 6.42 Å². The van der Waals surface area contributed by atoms with Gasteiger partial charge in [0.2, 0.25) is 0 Å². The van der Waals surface area contributed by atoms with Crippen molar-refractivity contribution in [2.24, 2.45) is 0 Å². The maximum atomic E-state index is 13.8. The van der Waals surface area contributed by atoms with Gasteiger partial charge >= 0.3 is 0 Å². The highest BCUT2D eigenvalue weighted by atomic mass is 19.2. The Morgan fingerprint density at radius 1 is 0.844 bits per heavy atom. The fraction of sp³-hybridized carbons (Fsp3) is 0.111. The van der Waals surface area contributed by atoms with Crippen LogP contribution in [0.5, 0.6) is 0 Å². The molecule has 4 aromatic rings. The highest BCUT2D eigenvalue weighted by Gasteiger charge is 2.13. The van der Waals surface area contributed by atoms with E-state index in [0.717, 1.165) is 35.6 Å². The van der Waals surface area contributed by atoms with E-state index in [1.54, 1.807) is 6.07 Å². The second-order valence-electron chi connectivity index (χ2n) is 7.27. The lowest BCUT2D eigenvalue weighted by Crippen LogP contribution is -1.93. The van der Waals surface area contributed by atoms with Crippen LogP contribution in [-0.4, -0.2) is 9.97 Å². The molecular formula is C27H19F3N2. The van der Waals surface area contributed by atoms with Crippen molar-refractivity contribution in [2.75, 3.05) is 0 Å². The number of allylic oxidation sites excluding steroid dienone is 2. The molecule has 0 saturated carbocycles.